The normalized spacial score (nSPS) is 16.8. The fourth-order valence-electron chi connectivity index (χ4n) is 2.79. The van der Waals surface area contributed by atoms with E-state index in [1.807, 2.05) is 26.0 Å². The van der Waals surface area contributed by atoms with Crippen LogP contribution in [0.4, 0.5) is 0 Å². The molecule has 0 radical (unpaired) electrons. The van der Waals surface area contributed by atoms with Gasteiger partial charge in [0, 0.05) is 6.54 Å². The van der Waals surface area contributed by atoms with E-state index in [1.54, 1.807) is 0 Å². The fraction of sp³-hybridized carbons (Fsp3) is 0.562. The maximum Gasteiger partial charge on any atom is 0.178 e. The van der Waals surface area contributed by atoms with Crippen molar-refractivity contribution in [2.24, 2.45) is 11.8 Å². The summed E-state index contributed by atoms with van der Waals surface area (Å²) in [6.07, 6.45) is 2.91. The van der Waals surface area contributed by atoms with E-state index in [0.29, 0.717) is 5.92 Å². The van der Waals surface area contributed by atoms with Gasteiger partial charge in [0.15, 0.2) is 4.77 Å². The van der Waals surface area contributed by atoms with Crippen molar-refractivity contribution in [3.05, 3.63) is 23.0 Å². The smallest absolute Gasteiger partial charge is 0.178 e. The molecule has 1 saturated carbocycles. The minimum absolute atomic E-state index is 0.163. The van der Waals surface area contributed by atoms with Crippen LogP contribution in [0.5, 0.6) is 5.75 Å². The SMILES string of the molecule is CC(C)Oc1cccc2c1[nH]c(=S)n2CC(C)C1CC1. The highest BCUT2D eigenvalue weighted by Gasteiger charge is 2.28. The molecule has 1 aromatic heterocycles. The molecule has 1 atom stereocenters. The quantitative estimate of drug-likeness (QED) is 0.820. The van der Waals surface area contributed by atoms with Gasteiger partial charge in [-0.3, -0.25) is 0 Å². The lowest BCUT2D eigenvalue weighted by Crippen LogP contribution is -2.09. The van der Waals surface area contributed by atoms with Crippen LogP contribution in [0.15, 0.2) is 18.2 Å². The molecule has 1 aliphatic carbocycles. The average molecular weight is 290 g/mol. The van der Waals surface area contributed by atoms with Crippen LogP contribution < -0.4 is 4.74 Å². The predicted molar refractivity (Wildman–Crippen MR) is 84.8 cm³/mol. The molecule has 3 nitrogen and oxygen atoms in total. The third-order valence-corrected chi connectivity index (χ3v) is 4.35. The number of hydrogen-bond donors (Lipinski definition) is 1. The molecule has 4 heteroatoms. The standard InChI is InChI=1S/C16H22N2OS/c1-10(2)19-14-6-4-5-13-15(14)17-16(20)18(13)9-11(3)12-7-8-12/h4-6,10-12H,7-9H2,1-3H3,(H,17,20). The molecule has 0 spiro atoms. The van der Waals surface area contributed by atoms with Gasteiger partial charge in [-0.25, -0.2) is 0 Å². The summed E-state index contributed by atoms with van der Waals surface area (Å²) in [5, 5.41) is 0. The van der Waals surface area contributed by atoms with Crippen LogP contribution in [-0.4, -0.2) is 15.7 Å². The number of hydrogen-bond acceptors (Lipinski definition) is 2. The first-order valence-corrected chi connectivity index (χ1v) is 7.85. The predicted octanol–water partition coefficient (Wildman–Crippen LogP) is 4.53. The molecule has 1 aliphatic rings. The van der Waals surface area contributed by atoms with Crippen LogP contribution >= 0.6 is 12.2 Å². The Bertz CT molecular complexity index is 667. The Kier molecular flexibility index (Phi) is 3.59. The van der Waals surface area contributed by atoms with Gasteiger partial charge in [0.1, 0.15) is 11.3 Å². The zero-order chi connectivity index (χ0) is 14.3. The highest BCUT2D eigenvalue weighted by molar-refractivity contribution is 7.71. The summed E-state index contributed by atoms with van der Waals surface area (Å²) in [4.78, 5) is 3.32. The summed E-state index contributed by atoms with van der Waals surface area (Å²) in [6.45, 7) is 7.40. The Balaban J connectivity index is 2.00. The van der Waals surface area contributed by atoms with E-state index in [0.717, 1.165) is 34.0 Å². The van der Waals surface area contributed by atoms with E-state index >= 15 is 0 Å². The Morgan fingerprint density at radius 1 is 1.35 bits per heavy atom. The molecule has 2 aromatic rings. The second-order valence-corrected chi connectivity index (χ2v) is 6.56. The van der Waals surface area contributed by atoms with Crippen LogP contribution in [0.3, 0.4) is 0 Å². The zero-order valence-corrected chi connectivity index (χ0v) is 13.2. The van der Waals surface area contributed by atoms with Gasteiger partial charge >= 0.3 is 0 Å². The van der Waals surface area contributed by atoms with Gasteiger partial charge in [0.2, 0.25) is 0 Å². The number of benzene rings is 1. The molecule has 108 valence electrons. The Morgan fingerprint density at radius 2 is 2.10 bits per heavy atom. The van der Waals surface area contributed by atoms with E-state index in [1.165, 1.54) is 12.8 Å². The van der Waals surface area contributed by atoms with Crippen molar-refractivity contribution < 1.29 is 4.74 Å². The van der Waals surface area contributed by atoms with Crippen molar-refractivity contribution in [1.82, 2.24) is 9.55 Å². The molecule has 0 saturated heterocycles. The highest BCUT2D eigenvalue weighted by Crippen LogP contribution is 2.38. The number of fused-ring (bicyclic) bond motifs is 1. The number of H-pyrrole nitrogens is 1. The molecular formula is C16H22N2OS. The highest BCUT2D eigenvalue weighted by atomic mass is 32.1. The number of nitrogens with zero attached hydrogens (tertiary/aromatic N) is 1. The Labute approximate surface area is 125 Å². The molecule has 1 fully saturated rings. The van der Waals surface area contributed by atoms with Crippen LogP contribution in [0.25, 0.3) is 11.0 Å². The van der Waals surface area contributed by atoms with E-state index in [9.17, 15) is 0 Å². The van der Waals surface area contributed by atoms with Crippen molar-refractivity contribution in [2.45, 2.75) is 46.3 Å². The van der Waals surface area contributed by atoms with Crippen LogP contribution in [0, 0.1) is 16.6 Å². The zero-order valence-electron chi connectivity index (χ0n) is 12.3. The van der Waals surface area contributed by atoms with Crippen LogP contribution in [-0.2, 0) is 6.54 Å². The second kappa shape index (κ2) is 5.24. The van der Waals surface area contributed by atoms with Gasteiger partial charge in [-0.1, -0.05) is 13.0 Å². The summed E-state index contributed by atoms with van der Waals surface area (Å²) in [5.41, 5.74) is 2.18. The first-order valence-electron chi connectivity index (χ1n) is 7.44. The van der Waals surface area contributed by atoms with Gasteiger partial charge in [-0.05, 0) is 62.9 Å². The number of para-hydroxylation sites is 1. The van der Waals surface area contributed by atoms with Crippen molar-refractivity contribution in [3.8, 4) is 5.75 Å². The molecular weight excluding hydrogens is 268 g/mol. The van der Waals surface area contributed by atoms with E-state index in [2.05, 4.69) is 22.5 Å². The lowest BCUT2D eigenvalue weighted by Gasteiger charge is -2.13. The van der Waals surface area contributed by atoms with E-state index in [4.69, 9.17) is 17.0 Å². The van der Waals surface area contributed by atoms with Gasteiger partial charge in [0.25, 0.3) is 0 Å². The molecule has 3 rings (SSSR count). The maximum atomic E-state index is 5.87. The van der Waals surface area contributed by atoms with Gasteiger partial charge in [-0.2, -0.15) is 0 Å². The molecule has 20 heavy (non-hydrogen) atoms. The third-order valence-electron chi connectivity index (χ3n) is 4.03. The molecule has 1 aromatic carbocycles. The van der Waals surface area contributed by atoms with Crippen molar-refractivity contribution in [2.75, 3.05) is 0 Å². The Hall–Kier alpha value is -1.29. The first kappa shape index (κ1) is 13.7. The van der Waals surface area contributed by atoms with E-state index in [-0.39, 0.29) is 6.10 Å². The summed E-state index contributed by atoms with van der Waals surface area (Å²) >= 11 is 5.50. The van der Waals surface area contributed by atoms with Crippen molar-refractivity contribution in [3.63, 3.8) is 0 Å². The first-order chi connectivity index (χ1) is 9.56. The summed E-state index contributed by atoms with van der Waals surface area (Å²) in [5.74, 6) is 2.47. The lowest BCUT2D eigenvalue weighted by molar-refractivity contribution is 0.245. The van der Waals surface area contributed by atoms with Crippen molar-refractivity contribution >= 4 is 23.3 Å². The minimum atomic E-state index is 0.163. The summed E-state index contributed by atoms with van der Waals surface area (Å²) in [6, 6.07) is 6.16. The average Bonchev–Trinajstić information content (AvgIpc) is 3.17. The van der Waals surface area contributed by atoms with Gasteiger partial charge in [0.05, 0.1) is 11.6 Å². The van der Waals surface area contributed by atoms with Gasteiger partial charge in [-0.15, -0.1) is 0 Å². The van der Waals surface area contributed by atoms with Crippen molar-refractivity contribution in [1.29, 1.82) is 0 Å². The number of aromatic amines is 1. The number of imidazole rings is 1. The number of rotatable bonds is 5. The largest absolute Gasteiger partial charge is 0.489 e. The minimum Gasteiger partial charge on any atom is -0.489 e. The summed E-state index contributed by atoms with van der Waals surface area (Å²) < 4.78 is 8.89. The maximum absolute atomic E-state index is 5.87. The second-order valence-electron chi connectivity index (χ2n) is 6.17. The molecule has 0 amide bonds. The molecule has 0 bridgehead atoms. The monoisotopic (exact) mass is 290 g/mol. The van der Waals surface area contributed by atoms with Gasteiger partial charge < -0.3 is 14.3 Å². The topological polar surface area (TPSA) is 29.9 Å². The molecule has 1 heterocycles. The third kappa shape index (κ3) is 2.62. The number of aromatic nitrogens is 2. The number of ether oxygens (including phenoxy) is 1. The molecule has 0 aliphatic heterocycles. The summed E-state index contributed by atoms with van der Waals surface area (Å²) in [7, 11) is 0. The van der Waals surface area contributed by atoms with Crippen LogP contribution in [0.1, 0.15) is 33.6 Å². The fourth-order valence-corrected chi connectivity index (χ4v) is 3.06. The Morgan fingerprint density at radius 3 is 2.75 bits per heavy atom. The van der Waals surface area contributed by atoms with E-state index < -0.39 is 0 Å². The molecule has 1 N–H and O–H groups in total. The number of nitrogens with one attached hydrogen (secondary N) is 1. The molecule has 1 unspecified atom stereocenters. The van der Waals surface area contributed by atoms with Crippen LogP contribution in [0.2, 0.25) is 0 Å². The lowest BCUT2D eigenvalue weighted by atomic mass is 10.1.